The quantitative estimate of drug-likeness (QED) is 0.877. The van der Waals surface area contributed by atoms with Gasteiger partial charge < -0.3 is 19.9 Å². The summed E-state index contributed by atoms with van der Waals surface area (Å²) in [7, 11) is 0. The summed E-state index contributed by atoms with van der Waals surface area (Å²) in [6, 6.07) is 5.44. The van der Waals surface area contributed by atoms with Crippen LogP contribution in [0.5, 0.6) is 11.5 Å². The first-order valence-corrected chi connectivity index (χ1v) is 8.09. The molecule has 0 aromatic heterocycles. The number of carbonyl (C=O) groups excluding carboxylic acids is 1. The number of ether oxygens (including phenoxy) is 2. The summed E-state index contributed by atoms with van der Waals surface area (Å²) in [6.07, 6.45) is 5.43. The zero-order chi connectivity index (χ0) is 15.4. The maximum absolute atomic E-state index is 12.0. The SMILES string of the molecule is O=C(NCCC(O)c1ccc2c(c1)OCO2)C1CCCCC1. The van der Waals surface area contributed by atoms with Crippen molar-refractivity contribution in [3.8, 4) is 11.5 Å². The molecule has 1 unspecified atom stereocenters. The molecular formula is C17H23NO4. The van der Waals surface area contributed by atoms with Crippen molar-refractivity contribution >= 4 is 5.91 Å². The fraction of sp³-hybridized carbons (Fsp3) is 0.588. The van der Waals surface area contributed by atoms with Crippen molar-refractivity contribution < 1.29 is 19.4 Å². The third-order valence-corrected chi connectivity index (χ3v) is 4.47. The molecule has 2 aliphatic rings. The number of nitrogens with one attached hydrogen (secondary N) is 1. The predicted molar refractivity (Wildman–Crippen MR) is 81.7 cm³/mol. The second-order valence-electron chi connectivity index (χ2n) is 6.04. The van der Waals surface area contributed by atoms with Crippen molar-refractivity contribution in [1.82, 2.24) is 5.32 Å². The molecule has 5 heteroatoms. The number of rotatable bonds is 5. The Morgan fingerprint density at radius 1 is 1.23 bits per heavy atom. The first kappa shape index (κ1) is 15.2. The summed E-state index contributed by atoms with van der Waals surface area (Å²) in [5.74, 6) is 1.68. The first-order valence-electron chi connectivity index (χ1n) is 8.09. The zero-order valence-electron chi connectivity index (χ0n) is 12.7. The third-order valence-electron chi connectivity index (χ3n) is 4.47. The van der Waals surface area contributed by atoms with E-state index < -0.39 is 6.10 Å². The molecule has 1 aliphatic carbocycles. The average Bonchev–Trinajstić information content (AvgIpc) is 3.03. The Bertz CT molecular complexity index is 525. The number of carbonyl (C=O) groups is 1. The summed E-state index contributed by atoms with van der Waals surface area (Å²) in [4.78, 5) is 12.0. The molecule has 5 nitrogen and oxygen atoms in total. The van der Waals surface area contributed by atoms with Crippen LogP contribution in [0.4, 0.5) is 0 Å². The lowest BCUT2D eigenvalue weighted by Crippen LogP contribution is -2.33. The van der Waals surface area contributed by atoms with Gasteiger partial charge in [0.25, 0.3) is 0 Å². The van der Waals surface area contributed by atoms with Crippen LogP contribution in [0.15, 0.2) is 18.2 Å². The Labute approximate surface area is 130 Å². The van der Waals surface area contributed by atoms with Gasteiger partial charge in [-0.15, -0.1) is 0 Å². The minimum Gasteiger partial charge on any atom is -0.454 e. The molecule has 3 rings (SSSR count). The highest BCUT2D eigenvalue weighted by Crippen LogP contribution is 2.34. The molecule has 22 heavy (non-hydrogen) atoms. The number of hydrogen-bond acceptors (Lipinski definition) is 4. The molecular weight excluding hydrogens is 282 g/mol. The smallest absolute Gasteiger partial charge is 0.231 e. The summed E-state index contributed by atoms with van der Waals surface area (Å²) < 4.78 is 10.6. The van der Waals surface area contributed by atoms with Crippen LogP contribution in [0, 0.1) is 5.92 Å². The Kier molecular flexibility index (Phi) is 4.83. The monoisotopic (exact) mass is 305 g/mol. The molecule has 0 spiro atoms. The van der Waals surface area contributed by atoms with Gasteiger partial charge in [-0.25, -0.2) is 0 Å². The molecule has 0 saturated heterocycles. The molecule has 1 fully saturated rings. The van der Waals surface area contributed by atoms with Crippen molar-refractivity contribution in [2.75, 3.05) is 13.3 Å². The van der Waals surface area contributed by atoms with Crippen LogP contribution in [0.2, 0.25) is 0 Å². The van der Waals surface area contributed by atoms with E-state index in [0.717, 1.165) is 31.2 Å². The van der Waals surface area contributed by atoms with Gasteiger partial charge in [0.2, 0.25) is 12.7 Å². The molecule has 2 N–H and O–H groups in total. The molecule has 1 aliphatic heterocycles. The number of amides is 1. The van der Waals surface area contributed by atoms with E-state index in [9.17, 15) is 9.90 Å². The van der Waals surface area contributed by atoms with Crippen molar-refractivity contribution in [3.63, 3.8) is 0 Å². The summed E-state index contributed by atoms with van der Waals surface area (Å²) in [5.41, 5.74) is 0.788. The van der Waals surface area contributed by atoms with Gasteiger partial charge in [0, 0.05) is 12.5 Å². The highest BCUT2D eigenvalue weighted by Gasteiger charge is 2.21. The Hall–Kier alpha value is -1.75. The van der Waals surface area contributed by atoms with E-state index >= 15 is 0 Å². The Morgan fingerprint density at radius 2 is 2.00 bits per heavy atom. The van der Waals surface area contributed by atoms with Crippen molar-refractivity contribution in [1.29, 1.82) is 0 Å². The van der Waals surface area contributed by atoms with Crippen LogP contribution < -0.4 is 14.8 Å². The number of fused-ring (bicyclic) bond motifs is 1. The molecule has 1 aromatic carbocycles. The second kappa shape index (κ2) is 7.01. The second-order valence-corrected chi connectivity index (χ2v) is 6.04. The molecule has 1 amide bonds. The van der Waals surface area contributed by atoms with Gasteiger partial charge in [0.15, 0.2) is 11.5 Å². The van der Waals surface area contributed by atoms with Gasteiger partial charge in [-0.05, 0) is 37.0 Å². The largest absolute Gasteiger partial charge is 0.454 e. The van der Waals surface area contributed by atoms with Crippen LogP contribution in [-0.2, 0) is 4.79 Å². The fourth-order valence-electron chi connectivity index (χ4n) is 3.13. The third kappa shape index (κ3) is 3.53. The number of hydrogen-bond donors (Lipinski definition) is 2. The Balaban J connectivity index is 1.46. The zero-order valence-corrected chi connectivity index (χ0v) is 12.7. The van der Waals surface area contributed by atoms with Crippen molar-refractivity contribution in [2.24, 2.45) is 5.92 Å². The van der Waals surface area contributed by atoms with Gasteiger partial charge in [-0.2, -0.15) is 0 Å². The van der Waals surface area contributed by atoms with E-state index in [-0.39, 0.29) is 18.6 Å². The lowest BCUT2D eigenvalue weighted by Gasteiger charge is -2.21. The summed E-state index contributed by atoms with van der Waals surface area (Å²) >= 11 is 0. The highest BCUT2D eigenvalue weighted by atomic mass is 16.7. The minimum atomic E-state index is -0.610. The molecule has 1 atom stereocenters. The van der Waals surface area contributed by atoms with Gasteiger partial charge in [-0.1, -0.05) is 25.3 Å². The molecule has 1 saturated carbocycles. The van der Waals surface area contributed by atoms with E-state index in [1.165, 1.54) is 6.42 Å². The standard InChI is InChI=1S/C17H23NO4/c19-14(13-6-7-15-16(10-13)22-11-21-15)8-9-18-17(20)12-4-2-1-3-5-12/h6-7,10,12,14,19H,1-5,8-9,11H2,(H,18,20). The van der Waals surface area contributed by atoms with Gasteiger partial charge in [-0.3, -0.25) is 4.79 Å². The van der Waals surface area contributed by atoms with Crippen molar-refractivity contribution in [3.05, 3.63) is 23.8 Å². The first-order chi connectivity index (χ1) is 10.7. The molecule has 0 bridgehead atoms. The summed E-state index contributed by atoms with van der Waals surface area (Å²) in [5, 5.41) is 13.2. The van der Waals surface area contributed by atoms with E-state index in [2.05, 4.69) is 5.32 Å². The number of aliphatic hydroxyl groups is 1. The minimum absolute atomic E-state index is 0.137. The topological polar surface area (TPSA) is 67.8 Å². The van der Waals surface area contributed by atoms with Gasteiger partial charge in [0.1, 0.15) is 0 Å². The maximum atomic E-state index is 12.0. The molecule has 0 radical (unpaired) electrons. The fourth-order valence-corrected chi connectivity index (χ4v) is 3.13. The lowest BCUT2D eigenvalue weighted by molar-refractivity contribution is -0.126. The maximum Gasteiger partial charge on any atom is 0.231 e. The Morgan fingerprint density at radius 3 is 2.82 bits per heavy atom. The predicted octanol–water partition coefficient (Wildman–Crippen LogP) is 2.54. The van der Waals surface area contributed by atoms with Gasteiger partial charge in [0.05, 0.1) is 6.10 Å². The lowest BCUT2D eigenvalue weighted by atomic mass is 9.88. The summed E-state index contributed by atoms with van der Waals surface area (Å²) in [6.45, 7) is 0.720. The number of benzene rings is 1. The molecule has 120 valence electrons. The van der Waals surface area contributed by atoms with Gasteiger partial charge >= 0.3 is 0 Å². The highest BCUT2D eigenvalue weighted by molar-refractivity contribution is 5.78. The van der Waals surface area contributed by atoms with E-state index in [0.29, 0.717) is 24.5 Å². The van der Waals surface area contributed by atoms with E-state index in [1.807, 2.05) is 12.1 Å². The van der Waals surface area contributed by atoms with E-state index in [1.54, 1.807) is 6.07 Å². The van der Waals surface area contributed by atoms with E-state index in [4.69, 9.17) is 9.47 Å². The van der Waals surface area contributed by atoms with Crippen LogP contribution in [0.1, 0.15) is 50.2 Å². The molecule has 1 heterocycles. The molecule has 1 aromatic rings. The van der Waals surface area contributed by atoms with Crippen molar-refractivity contribution in [2.45, 2.75) is 44.6 Å². The van der Waals surface area contributed by atoms with Crippen LogP contribution in [-0.4, -0.2) is 24.4 Å². The average molecular weight is 305 g/mol. The van der Waals surface area contributed by atoms with Crippen LogP contribution in [0.25, 0.3) is 0 Å². The normalized spacial score (nSPS) is 19.0. The van der Waals surface area contributed by atoms with Crippen LogP contribution >= 0.6 is 0 Å². The van der Waals surface area contributed by atoms with Crippen LogP contribution in [0.3, 0.4) is 0 Å². The number of aliphatic hydroxyl groups excluding tert-OH is 1.